The van der Waals surface area contributed by atoms with Crippen LogP contribution in [0.15, 0.2) is 0 Å². The zero-order chi connectivity index (χ0) is 98.9. The predicted octanol–water partition coefficient (Wildman–Crippen LogP) is 44.8. The molecule has 21 aliphatic carbocycles. The second-order valence-corrected chi connectivity index (χ2v) is 62.1. The van der Waals surface area contributed by atoms with Crippen LogP contribution in [-0.2, 0) is 0 Å². The van der Waals surface area contributed by atoms with Gasteiger partial charge in [0.25, 0.3) is 0 Å². The molecule has 21 fully saturated rings. The minimum Gasteiger partial charge on any atom is -0.0649 e. The highest BCUT2D eigenvalue weighted by Gasteiger charge is 2.60. The fraction of sp³-hybridized carbons (Fsp3) is 1.00. The van der Waals surface area contributed by atoms with Crippen LogP contribution >= 0.6 is 0 Å². The van der Waals surface area contributed by atoms with Crippen molar-refractivity contribution in [1.29, 1.82) is 0 Å². The molecule has 0 aromatic heterocycles. The van der Waals surface area contributed by atoms with E-state index in [1.807, 2.05) is 0 Å². The monoisotopic (exact) mass is 1840 g/mol. The number of rotatable bonds is 17. The Kier molecular flexibility index (Phi) is 45.2. The normalized spacial score (nSPS) is 34.8. The smallest absolute Gasteiger partial charge is 0.0236 e. The van der Waals surface area contributed by atoms with Gasteiger partial charge in [-0.05, 0) is 417 Å². The largest absolute Gasteiger partial charge is 0.0649 e. The van der Waals surface area contributed by atoms with Crippen molar-refractivity contribution in [2.24, 2.45) is 206 Å². The SMILES string of the molecule is CC(C)(C)C.CC(C)(C)C12CC3CC(CC(C3)C1)C2.CC(C)(C)C1CC2CCC1C2.CC(C)(C)C1CCCCC1.CCC(C)(C)C.CCC(C)(C)C12CC3CC(CC(C3)C1)C2.CCC(C)(C)C1CC2CCC1C2.CCC(C)(C)C1CCCCC1.CCC(C)(C)CC.CCC(C)(CC)C12CC3CC(CC(C3)C1)C2.CCC(C)(CC)C1CC2CCC1C2.CCC(C)(CC)C1CCCCC1. The third kappa shape index (κ3) is 33.3. The number of fused-ring (bicyclic) bond motifs is 6. The van der Waals surface area contributed by atoms with E-state index in [1.54, 1.807) is 173 Å². The second kappa shape index (κ2) is 50.2. The van der Waals surface area contributed by atoms with Crippen molar-refractivity contribution in [2.75, 3.05) is 0 Å². The molecule has 18 bridgehead atoms. The quantitative estimate of drug-likeness (QED) is 0.136. The maximum atomic E-state index is 2.60. The summed E-state index contributed by atoms with van der Waals surface area (Å²) in [6.07, 6.45) is 85.4. The molecule has 0 heterocycles. The average molecular weight is 1840 g/mol. The van der Waals surface area contributed by atoms with Gasteiger partial charge in [-0.2, -0.15) is 0 Å². The van der Waals surface area contributed by atoms with Crippen molar-refractivity contribution in [3.63, 3.8) is 0 Å². The highest BCUT2D eigenvalue weighted by Crippen LogP contribution is 2.71. The Morgan fingerprint density at radius 1 is 0.205 bits per heavy atom. The number of hydrogen-bond acceptors (Lipinski definition) is 0. The molecule has 0 saturated heterocycles. The van der Waals surface area contributed by atoms with Crippen LogP contribution in [0.1, 0.15) is 636 Å². The molecule has 0 aliphatic heterocycles. The Hall–Kier alpha value is 0. The molecule has 9 unspecified atom stereocenters. The minimum absolute atomic E-state index is 0.500. The van der Waals surface area contributed by atoms with Gasteiger partial charge in [-0.1, -0.05) is 424 Å². The van der Waals surface area contributed by atoms with Crippen LogP contribution in [-0.4, -0.2) is 0 Å². The van der Waals surface area contributed by atoms with Crippen molar-refractivity contribution in [3.05, 3.63) is 0 Å². The van der Waals surface area contributed by atoms with Crippen LogP contribution in [0, 0.1) is 206 Å². The summed E-state index contributed by atoms with van der Waals surface area (Å²) in [5, 5.41) is 0. The molecule has 132 heavy (non-hydrogen) atoms. The van der Waals surface area contributed by atoms with E-state index in [0.29, 0.717) is 65.0 Å². The molecule has 21 saturated carbocycles. The lowest BCUT2D eigenvalue weighted by Crippen LogP contribution is -2.53. The van der Waals surface area contributed by atoms with Gasteiger partial charge in [0.05, 0.1) is 0 Å². The Morgan fingerprint density at radius 3 is 0.697 bits per heavy atom. The Labute approximate surface area is 836 Å². The van der Waals surface area contributed by atoms with Crippen molar-refractivity contribution in [2.45, 2.75) is 636 Å². The predicted molar refractivity (Wildman–Crippen MR) is 594 cm³/mol. The molecule has 0 amide bonds. The Balaban J connectivity index is 0.000000199. The van der Waals surface area contributed by atoms with Crippen LogP contribution in [0.3, 0.4) is 0 Å². The zero-order valence-corrected chi connectivity index (χ0v) is 98.9. The topological polar surface area (TPSA) is 0 Å². The standard InChI is InChI=1S/C16H28.C15H26.C14H24.C13H24.C12H22.C12H24.C11H20.C11H22.C10H20.C7H16.C6H14.C5H12/c1-4-15(3,5-2)16-9-12-6-13(10-16)8-14(7-12)11-16;1-4-14(2,3)15-8-11-5-12(9-15)7-13(6-11)10-15;1-13(2,3)14-7-10-4-11(8-14)6-12(5-10)9-14;1-4-13(3,5-2)12-9-10-6-7-11(12)8-10;1-4-12(2,3)11-8-9-5-6-10(11)7-9;1-4-12(3,5-2)11-9-7-6-8-10-11;1-11(2,3)10-7-8-4-5-9(10)6-8;1-4-11(2,3)10-8-6-5-7-9-10;1-10(2,3)9-7-5-4-6-8-9;1-5-7(3,4)6-2;1-5-6(2,3)4;1-5(2,3)4/h12-14H,4-11H2,1-3H3;11-13H,4-10H2,1-3H3;10-12H,4-9H2,1-3H3;10-12H,4-9H2,1-3H3;9-11H,4-8H2,1-3H3;11H,4-10H2,1-3H3;8-10H,4-7H2,1-3H3;10H,4-9H2,1-3H3;9H,4-8H2,1-3H3;5-6H2,1-4H3;5H2,1-4H3;1-4H3. The molecule has 0 N–H and O–H groups in total. The molecule has 780 valence electrons. The molecule has 0 aromatic rings. The van der Waals surface area contributed by atoms with E-state index in [2.05, 4.69) is 270 Å². The van der Waals surface area contributed by atoms with Gasteiger partial charge < -0.3 is 0 Å². The highest BCUT2D eigenvalue weighted by atomic mass is 14.7. The molecular formula is C132H252. The van der Waals surface area contributed by atoms with Gasteiger partial charge in [0.2, 0.25) is 0 Å². The third-order valence-corrected chi connectivity index (χ3v) is 46.3. The molecule has 21 rings (SSSR count). The molecule has 21 aliphatic rings. The Morgan fingerprint density at radius 2 is 0.485 bits per heavy atom. The van der Waals surface area contributed by atoms with E-state index >= 15 is 0 Å². The molecule has 9 atom stereocenters. The van der Waals surface area contributed by atoms with Gasteiger partial charge in [0, 0.05) is 0 Å². The first kappa shape index (κ1) is 119. The van der Waals surface area contributed by atoms with Crippen LogP contribution < -0.4 is 0 Å². The first-order valence-corrected chi connectivity index (χ1v) is 61.2. The van der Waals surface area contributed by atoms with Crippen LogP contribution in [0.25, 0.3) is 0 Å². The molecule has 0 nitrogen and oxygen atoms in total. The van der Waals surface area contributed by atoms with Crippen molar-refractivity contribution >= 4 is 0 Å². The summed E-state index contributed by atoms with van der Waals surface area (Å²) in [5.74, 6) is 22.9. The van der Waals surface area contributed by atoms with Crippen molar-refractivity contribution < 1.29 is 0 Å². The lowest BCUT2D eigenvalue weighted by atomic mass is 9.42. The van der Waals surface area contributed by atoms with Gasteiger partial charge in [0.1, 0.15) is 0 Å². The van der Waals surface area contributed by atoms with E-state index in [1.165, 1.54) is 193 Å². The van der Waals surface area contributed by atoms with Crippen molar-refractivity contribution in [1.82, 2.24) is 0 Å². The van der Waals surface area contributed by atoms with Gasteiger partial charge in [-0.15, -0.1) is 0 Å². The summed E-state index contributed by atoms with van der Waals surface area (Å²) < 4.78 is 0. The summed E-state index contributed by atoms with van der Waals surface area (Å²) in [4.78, 5) is 0. The molecule has 0 heteroatoms. The first-order valence-electron chi connectivity index (χ1n) is 61.2. The van der Waals surface area contributed by atoms with Gasteiger partial charge >= 0.3 is 0 Å². The fourth-order valence-electron chi connectivity index (χ4n) is 33.9. The lowest BCUT2D eigenvalue weighted by Gasteiger charge is -2.63. The van der Waals surface area contributed by atoms with Gasteiger partial charge in [-0.25, -0.2) is 0 Å². The lowest BCUT2D eigenvalue weighted by molar-refractivity contribution is -0.128. The molecular weight excluding hydrogens is 1590 g/mol. The fourth-order valence-corrected chi connectivity index (χ4v) is 33.9. The Bertz CT molecular complexity index is 3010. The first-order chi connectivity index (χ1) is 61.2. The maximum absolute atomic E-state index is 2.60. The summed E-state index contributed by atoms with van der Waals surface area (Å²) in [5.41, 5.74) is 9.37. The summed E-state index contributed by atoms with van der Waals surface area (Å²) in [6.45, 7) is 92.5. The van der Waals surface area contributed by atoms with E-state index < -0.39 is 0 Å². The molecule has 0 radical (unpaired) electrons. The van der Waals surface area contributed by atoms with E-state index in [0.717, 1.165) is 141 Å². The zero-order valence-electron chi connectivity index (χ0n) is 98.9. The van der Waals surface area contributed by atoms with Crippen LogP contribution in [0.2, 0.25) is 0 Å². The van der Waals surface area contributed by atoms with Crippen molar-refractivity contribution in [3.8, 4) is 0 Å². The molecule has 0 aromatic carbocycles. The van der Waals surface area contributed by atoms with E-state index in [-0.39, 0.29) is 0 Å². The van der Waals surface area contributed by atoms with Crippen LogP contribution in [0.5, 0.6) is 0 Å². The highest BCUT2D eigenvalue weighted by molar-refractivity contribution is 5.10. The van der Waals surface area contributed by atoms with E-state index in [4.69, 9.17) is 0 Å². The third-order valence-electron chi connectivity index (χ3n) is 46.3. The summed E-state index contributed by atoms with van der Waals surface area (Å²) in [7, 11) is 0. The second-order valence-electron chi connectivity index (χ2n) is 62.1. The average Bonchev–Trinajstić information content (AvgIpc) is 1.27. The van der Waals surface area contributed by atoms with E-state index in [9.17, 15) is 0 Å². The maximum Gasteiger partial charge on any atom is -0.0236 e. The van der Waals surface area contributed by atoms with Crippen LogP contribution in [0.4, 0.5) is 0 Å². The summed E-state index contributed by atoms with van der Waals surface area (Å²) >= 11 is 0. The van der Waals surface area contributed by atoms with Gasteiger partial charge in [0.15, 0.2) is 0 Å². The van der Waals surface area contributed by atoms with Gasteiger partial charge in [-0.3, -0.25) is 0 Å². The minimum atomic E-state index is 0.500. The number of hydrogen-bond donors (Lipinski definition) is 0. The summed E-state index contributed by atoms with van der Waals surface area (Å²) in [6, 6.07) is 0. The molecule has 0 spiro atoms.